The largest absolute Gasteiger partial charge is 0.508 e. The van der Waals surface area contributed by atoms with Crippen molar-refractivity contribution < 1.29 is 19.4 Å². The highest BCUT2D eigenvalue weighted by atomic mass is 19.1. The Hall–Kier alpha value is -4.13. The minimum atomic E-state index is -0.598. The molecular weight excluding hydrogens is 385 g/mol. The summed E-state index contributed by atoms with van der Waals surface area (Å²) in [5.41, 5.74) is 5.11. The van der Waals surface area contributed by atoms with Crippen LogP contribution in [0.15, 0.2) is 78.0 Å². The molecule has 0 saturated heterocycles. The van der Waals surface area contributed by atoms with E-state index in [1.807, 2.05) is 35.0 Å². The van der Waals surface area contributed by atoms with Crippen molar-refractivity contribution in [2.45, 2.75) is 6.54 Å². The zero-order valence-electron chi connectivity index (χ0n) is 15.8. The van der Waals surface area contributed by atoms with E-state index >= 15 is 0 Å². The minimum Gasteiger partial charge on any atom is -0.508 e. The quantitative estimate of drug-likeness (QED) is 0.348. The summed E-state index contributed by atoms with van der Waals surface area (Å²) in [6, 6.07) is 17.8. The number of hydrogen-bond donors (Lipinski definition) is 3. The summed E-state index contributed by atoms with van der Waals surface area (Å²) in [4.78, 5) is 12.2. The fourth-order valence-corrected chi connectivity index (χ4v) is 3.23. The predicted molar refractivity (Wildman–Crippen MR) is 112 cm³/mol. The lowest BCUT2D eigenvalue weighted by atomic mass is 10.2. The Morgan fingerprint density at radius 3 is 2.60 bits per heavy atom. The summed E-state index contributed by atoms with van der Waals surface area (Å²) in [5, 5.41) is 24.1. The monoisotopic (exact) mass is 403 g/mol. The molecule has 0 bridgehead atoms. The lowest BCUT2D eigenvalue weighted by Crippen LogP contribution is -2.17. The third kappa shape index (κ3) is 4.00. The maximum absolute atomic E-state index is 13.2. The van der Waals surface area contributed by atoms with Crippen LogP contribution in [0.4, 0.5) is 4.39 Å². The Balaban J connectivity index is 1.56. The summed E-state index contributed by atoms with van der Waals surface area (Å²) in [5.74, 6) is -1.35. The average molecular weight is 403 g/mol. The van der Waals surface area contributed by atoms with Crippen LogP contribution < -0.4 is 5.43 Å². The van der Waals surface area contributed by atoms with Gasteiger partial charge in [-0.05, 0) is 35.9 Å². The van der Waals surface area contributed by atoms with Gasteiger partial charge in [0.05, 0.1) is 11.8 Å². The second-order valence-corrected chi connectivity index (χ2v) is 6.76. The van der Waals surface area contributed by atoms with Gasteiger partial charge in [0, 0.05) is 35.3 Å². The summed E-state index contributed by atoms with van der Waals surface area (Å²) >= 11 is 0. The first-order valence-corrected chi connectivity index (χ1v) is 9.19. The summed E-state index contributed by atoms with van der Waals surface area (Å²) in [6.07, 6.45) is 3.43. The van der Waals surface area contributed by atoms with Crippen LogP contribution in [0.1, 0.15) is 21.5 Å². The predicted octanol–water partition coefficient (Wildman–Crippen LogP) is 4.00. The van der Waals surface area contributed by atoms with Crippen molar-refractivity contribution in [1.29, 1.82) is 0 Å². The van der Waals surface area contributed by atoms with Gasteiger partial charge in [0.25, 0.3) is 5.91 Å². The smallest absolute Gasteiger partial charge is 0.275 e. The van der Waals surface area contributed by atoms with Crippen LogP contribution in [-0.4, -0.2) is 26.9 Å². The van der Waals surface area contributed by atoms with Crippen LogP contribution in [0.5, 0.6) is 11.5 Å². The van der Waals surface area contributed by atoms with Gasteiger partial charge in [-0.1, -0.05) is 30.3 Å². The number of amides is 1. The molecule has 0 saturated carbocycles. The molecular formula is C23H18FN3O3. The second-order valence-electron chi connectivity index (χ2n) is 6.76. The van der Waals surface area contributed by atoms with Crippen molar-refractivity contribution in [3.8, 4) is 11.5 Å². The number of phenolic OH excluding ortho intramolecular Hbond substituents is 2. The van der Waals surface area contributed by atoms with E-state index in [0.29, 0.717) is 6.54 Å². The molecule has 4 aromatic rings. The molecule has 3 N–H and O–H groups in total. The molecule has 30 heavy (non-hydrogen) atoms. The Morgan fingerprint density at radius 2 is 1.83 bits per heavy atom. The maximum atomic E-state index is 13.2. The van der Waals surface area contributed by atoms with Gasteiger partial charge in [0.2, 0.25) is 0 Å². The molecule has 0 radical (unpaired) electrons. The van der Waals surface area contributed by atoms with Gasteiger partial charge in [-0.2, -0.15) is 5.10 Å². The minimum absolute atomic E-state index is 0.00341. The number of rotatable bonds is 5. The molecule has 0 atom stereocenters. The van der Waals surface area contributed by atoms with E-state index in [0.717, 1.165) is 28.1 Å². The summed E-state index contributed by atoms with van der Waals surface area (Å²) in [6.45, 7) is 0.558. The van der Waals surface area contributed by atoms with Crippen molar-refractivity contribution in [2.24, 2.45) is 5.10 Å². The summed E-state index contributed by atoms with van der Waals surface area (Å²) < 4.78 is 15.2. The fourth-order valence-electron chi connectivity index (χ4n) is 3.23. The number of nitrogens with one attached hydrogen (secondary N) is 1. The lowest BCUT2D eigenvalue weighted by molar-refractivity contribution is 0.0952. The average Bonchev–Trinajstić information content (AvgIpc) is 3.07. The van der Waals surface area contributed by atoms with Gasteiger partial charge >= 0.3 is 0 Å². The number of hydrazone groups is 1. The third-order valence-electron chi connectivity index (χ3n) is 4.68. The van der Waals surface area contributed by atoms with Crippen molar-refractivity contribution >= 4 is 23.0 Å². The number of halogens is 1. The molecule has 0 aliphatic carbocycles. The van der Waals surface area contributed by atoms with Gasteiger partial charge in [0.1, 0.15) is 17.3 Å². The van der Waals surface area contributed by atoms with Crippen molar-refractivity contribution in [1.82, 2.24) is 9.99 Å². The molecule has 1 amide bonds. The summed E-state index contributed by atoms with van der Waals surface area (Å²) in [7, 11) is 0. The number of nitrogens with zero attached hydrogens (tertiary/aromatic N) is 2. The molecule has 0 aliphatic heterocycles. The first kappa shape index (κ1) is 19.2. The van der Waals surface area contributed by atoms with E-state index in [1.54, 1.807) is 12.1 Å². The SMILES string of the molecule is O=C(N/N=C/c1cn(Cc2ccc(F)cc2)c2ccccc12)c1ccc(O)cc1O. The van der Waals surface area contributed by atoms with E-state index in [-0.39, 0.29) is 22.9 Å². The molecule has 0 aliphatic rings. The van der Waals surface area contributed by atoms with Gasteiger partial charge in [-0.3, -0.25) is 4.79 Å². The fraction of sp³-hybridized carbons (Fsp3) is 0.0435. The number of fused-ring (bicyclic) bond motifs is 1. The second kappa shape index (κ2) is 8.08. The third-order valence-corrected chi connectivity index (χ3v) is 4.68. The van der Waals surface area contributed by atoms with Gasteiger partial charge in [-0.15, -0.1) is 0 Å². The highest BCUT2D eigenvalue weighted by Crippen LogP contribution is 2.23. The van der Waals surface area contributed by atoms with Crippen LogP contribution in [0.3, 0.4) is 0 Å². The molecule has 0 unspecified atom stereocenters. The number of benzene rings is 3. The highest BCUT2D eigenvalue weighted by Gasteiger charge is 2.11. The zero-order valence-corrected chi connectivity index (χ0v) is 15.8. The molecule has 0 fully saturated rings. The first-order chi connectivity index (χ1) is 14.5. The van der Waals surface area contributed by atoms with Gasteiger partial charge in [0.15, 0.2) is 0 Å². The van der Waals surface area contributed by atoms with Crippen LogP contribution in [0.25, 0.3) is 10.9 Å². The lowest BCUT2D eigenvalue weighted by Gasteiger charge is -2.05. The number of carbonyl (C=O) groups excluding carboxylic acids is 1. The Bertz CT molecular complexity index is 1250. The van der Waals surface area contributed by atoms with Crippen LogP contribution in [-0.2, 0) is 6.54 Å². The molecule has 6 nitrogen and oxygen atoms in total. The van der Waals surface area contributed by atoms with Crippen LogP contribution >= 0.6 is 0 Å². The van der Waals surface area contributed by atoms with Crippen LogP contribution in [0.2, 0.25) is 0 Å². The molecule has 1 aromatic heterocycles. The number of aromatic nitrogens is 1. The Labute approximate surface area is 171 Å². The highest BCUT2D eigenvalue weighted by molar-refractivity contribution is 6.01. The standard InChI is InChI=1S/C23H18FN3O3/c24-17-7-5-15(6-8-17)13-27-14-16(19-3-1-2-4-21(19)27)12-25-26-23(30)20-10-9-18(28)11-22(20)29/h1-12,14,28-29H,13H2,(H,26,30)/b25-12+. The van der Waals surface area contributed by atoms with Crippen LogP contribution in [0, 0.1) is 5.82 Å². The number of carbonyl (C=O) groups is 1. The van der Waals surface area contributed by atoms with E-state index in [9.17, 15) is 19.4 Å². The number of hydrogen-bond acceptors (Lipinski definition) is 4. The Morgan fingerprint density at radius 1 is 1.07 bits per heavy atom. The van der Waals surface area contributed by atoms with E-state index in [2.05, 4.69) is 10.5 Å². The molecule has 3 aromatic carbocycles. The molecule has 4 rings (SSSR count). The van der Waals surface area contributed by atoms with E-state index in [4.69, 9.17) is 0 Å². The van der Waals surface area contributed by atoms with Crippen molar-refractivity contribution in [3.05, 3.63) is 95.4 Å². The van der Waals surface area contributed by atoms with Crippen molar-refractivity contribution in [2.75, 3.05) is 0 Å². The van der Waals surface area contributed by atoms with Crippen molar-refractivity contribution in [3.63, 3.8) is 0 Å². The van der Waals surface area contributed by atoms with E-state index < -0.39 is 5.91 Å². The number of aromatic hydroxyl groups is 2. The Kier molecular flexibility index (Phi) is 5.17. The molecule has 150 valence electrons. The topological polar surface area (TPSA) is 86.9 Å². The molecule has 7 heteroatoms. The molecule has 1 heterocycles. The number of phenols is 2. The maximum Gasteiger partial charge on any atom is 0.275 e. The van der Waals surface area contributed by atoms with E-state index in [1.165, 1.54) is 30.5 Å². The first-order valence-electron chi connectivity index (χ1n) is 9.19. The van der Waals surface area contributed by atoms with Gasteiger partial charge in [-0.25, -0.2) is 9.82 Å². The van der Waals surface area contributed by atoms with Gasteiger partial charge < -0.3 is 14.8 Å². The number of para-hydroxylation sites is 1. The normalized spacial score (nSPS) is 11.2. The molecule has 0 spiro atoms. The zero-order chi connectivity index (χ0) is 21.1.